The van der Waals surface area contributed by atoms with Crippen LogP contribution < -0.4 is 0 Å². The number of carboxylic acids is 1. The minimum absolute atomic E-state index is 0.199. The van der Waals surface area contributed by atoms with Crippen molar-refractivity contribution in [3.05, 3.63) is 41.6 Å². The number of aliphatic carboxylic acids is 1. The van der Waals surface area contributed by atoms with E-state index >= 15 is 0 Å². The largest absolute Gasteiger partial charge is 0.478 e. The van der Waals surface area contributed by atoms with Crippen molar-refractivity contribution in [1.29, 1.82) is 0 Å². The molecule has 0 aliphatic carbocycles. The van der Waals surface area contributed by atoms with E-state index in [9.17, 15) is 14.7 Å². The minimum atomic E-state index is -1.01. The van der Waals surface area contributed by atoms with E-state index in [2.05, 4.69) is 4.99 Å². The number of nitrogens with zero attached hydrogens (tertiary/aromatic N) is 2. The third-order valence-corrected chi connectivity index (χ3v) is 3.66. The van der Waals surface area contributed by atoms with Crippen molar-refractivity contribution in [2.75, 3.05) is 6.54 Å². The molecule has 0 fully saturated rings. The lowest BCUT2D eigenvalue weighted by atomic mass is 9.85. The van der Waals surface area contributed by atoms with Crippen LogP contribution in [0.2, 0.25) is 0 Å². The summed E-state index contributed by atoms with van der Waals surface area (Å²) in [5.74, 6) is -1.50. The Morgan fingerprint density at radius 3 is 2.76 bits per heavy atom. The maximum absolute atomic E-state index is 12.5. The molecule has 1 unspecified atom stereocenters. The van der Waals surface area contributed by atoms with Gasteiger partial charge in [-0.2, -0.15) is 0 Å². The maximum Gasteiger partial charge on any atom is 0.334 e. The Kier molecular flexibility index (Phi) is 3.12. The summed E-state index contributed by atoms with van der Waals surface area (Å²) in [6, 6.07) is 7.31. The molecule has 1 atom stereocenters. The predicted octanol–water partition coefficient (Wildman–Crippen LogP) is 2.32. The van der Waals surface area contributed by atoms with Crippen molar-refractivity contribution in [3.63, 3.8) is 0 Å². The summed E-state index contributed by atoms with van der Waals surface area (Å²) in [6.07, 6.45) is 1.47. The highest BCUT2D eigenvalue weighted by molar-refractivity contribution is 6.45. The normalized spacial score (nSPS) is 20.0. The number of hydrogen-bond acceptors (Lipinski definition) is 3. The van der Waals surface area contributed by atoms with Crippen molar-refractivity contribution < 1.29 is 14.7 Å². The number of carboxylic acid groups (broad SMARTS) is 1. The molecule has 21 heavy (non-hydrogen) atoms. The van der Waals surface area contributed by atoms with Gasteiger partial charge in [0.15, 0.2) is 0 Å². The zero-order valence-electron chi connectivity index (χ0n) is 11.9. The van der Waals surface area contributed by atoms with Crippen molar-refractivity contribution >= 4 is 23.3 Å². The quantitative estimate of drug-likeness (QED) is 0.926. The van der Waals surface area contributed by atoms with Crippen LogP contribution in [0.1, 0.15) is 25.3 Å². The molecule has 108 valence electrons. The smallest absolute Gasteiger partial charge is 0.334 e. The second-order valence-corrected chi connectivity index (χ2v) is 5.73. The van der Waals surface area contributed by atoms with Gasteiger partial charge >= 0.3 is 5.97 Å². The first-order valence-corrected chi connectivity index (χ1v) is 6.92. The van der Waals surface area contributed by atoms with Gasteiger partial charge in [0.2, 0.25) is 0 Å². The van der Waals surface area contributed by atoms with Crippen molar-refractivity contribution in [2.45, 2.75) is 19.8 Å². The average molecular weight is 284 g/mol. The fraction of sp³-hybridized carbons (Fsp3) is 0.312. The molecule has 1 N–H and O–H groups in total. The number of para-hydroxylation sites is 1. The second kappa shape index (κ2) is 4.84. The van der Waals surface area contributed by atoms with Crippen molar-refractivity contribution in [3.8, 4) is 0 Å². The number of rotatable bonds is 3. The van der Waals surface area contributed by atoms with Gasteiger partial charge in [0.1, 0.15) is 5.71 Å². The monoisotopic (exact) mass is 284 g/mol. The molecule has 5 heteroatoms. The molecular formula is C16H16N2O3. The van der Waals surface area contributed by atoms with Gasteiger partial charge in [-0.05, 0) is 17.5 Å². The predicted molar refractivity (Wildman–Crippen MR) is 78.5 cm³/mol. The number of fused-ring (bicyclic) bond motifs is 3. The fourth-order valence-electron chi connectivity index (χ4n) is 2.82. The summed E-state index contributed by atoms with van der Waals surface area (Å²) in [5, 5.41) is 9.49. The molecule has 1 aromatic rings. The van der Waals surface area contributed by atoms with Crippen LogP contribution in [-0.4, -0.2) is 34.1 Å². The van der Waals surface area contributed by atoms with Gasteiger partial charge in [-0.15, -0.1) is 0 Å². The molecule has 0 saturated heterocycles. The van der Waals surface area contributed by atoms with E-state index in [1.807, 2.05) is 32.0 Å². The van der Waals surface area contributed by atoms with E-state index in [0.29, 0.717) is 17.9 Å². The SMILES string of the molecule is CC(C)CN1C=C(C(=O)O)C2C(=Nc3ccccc32)C1=O. The first-order chi connectivity index (χ1) is 9.99. The van der Waals surface area contributed by atoms with E-state index in [1.165, 1.54) is 11.1 Å². The summed E-state index contributed by atoms with van der Waals surface area (Å²) in [4.78, 5) is 30.0. The van der Waals surface area contributed by atoms with Gasteiger partial charge < -0.3 is 10.0 Å². The summed E-state index contributed by atoms with van der Waals surface area (Å²) in [7, 11) is 0. The molecule has 2 heterocycles. The molecule has 3 rings (SSSR count). The van der Waals surface area contributed by atoms with Crippen LogP contribution in [0.15, 0.2) is 41.0 Å². The second-order valence-electron chi connectivity index (χ2n) is 5.73. The van der Waals surface area contributed by atoms with Crippen LogP contribution in [0.3, 0.4) is 0 Å². The molecule has 2 aliphatic rings. The van der Waals surface area contributed by atoms with E-state index < -0.39 is 11.9 Å². The molecule has 0 saturated carbocycles. The Morgan fingerprint density at radius 2 is 2.10 bits per heavy atom. The van der Waals surface area contributed by atoms with E-state index in [0.717, 1.165) is 5.56 Å². The molecule has 0 radical (unpaired) electrons. The summed E-state index contributed by atoms with van der Waals surface area (Å²) >= 11 is 0. The van der Waals surface area contributed by atoms with Gasteiger partial charge in [-0.25, -0.2) is 9.79 Å². The van der Waals surface area contributed by atoms with Crippen molar-refractivity contribution in [2.24, 2.45) is 10.9 Å². The zero-order chi connectivity index (χ0) is 15.1. The summed E-state index contributed by atoms with van der Waals surface area (Å²) in [6.45, 7) is 4.45. The van der Waals surface area contributed by atoms with Crippen LogP contribution in [0.5, 0.6) is 0 Å². The van der Waals surface area contributed by atoms with E-state index in [-0.39, 0.29) is 17.4 Å². The van der Waals surface area contributed by atoms with E-state index in [4.69, 9.17) is 0 Å². The third kappa shape index (κ3) is 2.14. The molecule has 2 aliphatic heterocycles. The number of carbonyl (C=O) groups excluding carboxylic acids is 1. The molecule has 1 aromatic carbocycles. The standard InChI is InChI=1S/C16H16N2O3/c1-9(2)7-18-8-11(16(20)21)13-10-5-3-4-6-12(10)17-14(13)15(18)19/h3-6,8-9,13H,7H2,1-2H3,(H,20,21). The Hall–Kier alpha value is -2.43. The Balaban J connectivity index is 2.11. The number of hydrogen-bond donors (Lipinski definition) is 1. The van der Waals surface area contributed by atoms with Gasteiger partial charge in [-0.1, -0.05) is 32.0 Å². The summed E-state index contributed by atoms with van der Waals surface area (Å²) < 4.78 is 0. The zero-order valence-corrected chi connectivity index (χ0v) is 11.9. The van der Waals surface area contributed by atoms with E-state index in [1.54, 1.807) is 6.07 Å². The van der Waals surface area contributed by atoms with Gasteiger partial charge in [-0.3, -0.25) is 4.79 Å². The molecule has 1 amide bonds. The Bertz CT molecular complexity index is 689. The highest BCUT2D eigenvalue weighted by atomic mass is 16.4. The molecule has 0 bridgehead atoms. The van der Waals surface area contributed by atoms with Crippen LogP contribution in [-0.2, 0) is 9.59 Å². The van der Waals surface area contributed by atoms with Gasteiger partial charge in [0.25, 0.3) is 5.91 Å². The minimum Gasteiger partial charge on any atom is -0.478 e. The highest BCUT2D eigenvalue weighted by Crippen LogP contribution is 2.42. The van der Waals surface area contributed by atoms with Crippen molar-refractivity contribution in [1.82, 2.24) is 4.90 Å². The summed E-state index contributed by atoms with van der Waals surface area (Å²) in [5.41, 5.74) is 2.00. The number of carbonyl (C=O) groups is 2. The van der Waals surface area contributed by atoms with Crippen LogP contribution in [0.25, 0.3) is 0 Å². The number of aliphatic imine (C=N–C) groups is 1. The lowest BCUT2D eigenvalue weighted by Gasteiger charge is -2.29. The highest BCUT2D eigenvalue weighted by Gasteiger charge is 2.42. The lowest BCUT2D eigenvalue weighted by Crippen LogP contribution is -2.42. The average Bonchev–Trinajstić information content (AvgIpc) is 2.81. The topological polar surface area (TPSA) is 70.0 Å². The molecule has 0 aromatic heterocycles. The van der Waals surface area contributed by atoms with Crippen LogP contribution in [0, 0.1) is 5.92 Å². The Morgan fingerprint density at radius 1 is 1.38 bits per heavy atom. The van der Waals surface area contributed by atoms with Crippen LogP contribution >= 0.6 is 0 Å². The first kappa shape index (κ1) is 13.5. The fourth-order valence-corrected chi connectivity index (χ4v) is 2.82. The van der Waals surface area contributed by atoms with Gasteiger partial charge in [0, 0.05) is 12.7 Å². The first-order valence-electron chi connectivity index (χ1n) is 6.92. The Labute approximate surface area is 122 Å². The number of benzene rings is 1. The van der Waals surface area contributed by atoms with Gasteiger partial charge in [0.05, 0.1) is 17.2 Å². The molecular weight excluding hydrogens is 268 g/mol. The number of amides is 1. The molecule has 0 spiro atoms. The third-order valence-electron chi connectivity index (χ3n) is 3.66. The molecule has 5 nitrogen and oxygen atoms in total. The maximum atomic E-state index is 12.5. The lowest BCUT2D eigenvalue weighted by molar-refractivity contribution is -0.133. The van der Waals surface area contributed by atoms with Crippen LogP contribution in [0.4, 0.5) is 5.69 Å².